The molecule has 0 fully saturated rings. The molecule has 1 heteroatoms. The van der Waals surface area contributed by atoms with Crippen LogP contribution in [0, 0.1) is 0 Å². The molecular formula is C13H23N. The fraction of sp³-hybridized carbons (Fsp3) is 0.692. The molecule has 0 spiro atoms. The van der Waals surface area contributed by atoms with Gasteiger partial charge >= 0.3 is 0 Å². The van der Waals surface area contributed by atoms with Gasteiger partial charge in [0.05, 0.1) is 0 Å². The van der Waals surface area contributed by atoms with E-state index in [1.165, 1.54) is 38.0 Å². The third kappa shape index (κ3) is 2.98. The Hall–Kier alpha value is -0.560. The van der Waals surface area contributed by atoms with Crippen molar-refractivity contribution in [1.29, 1.82) is 0 Å². The van der Waals surface area contributed by atoms with Crippen molar-refractivity contribution >= 4 is 0 Å². The monoisotopic (exact) mass is 193 g/mol. The van der Waals surface area contributed by atoms with E-state index in [-0.39, 0.29) is 0 Å². The molecule has 14 heavy (non-hydrogen) atoms. The van der Waals surface area contributed by atoms with Crippen molar-refractivity contribution in [2.75, 3.05) is 19.6 Å². The summed E-state index contributed by atoms with van der Waals surface area (Å²) in [5.41, 5.74) is 4.66. The van der Waals surface area contributed by atoms with Gasteiger partial charge < -0.3 is 4.90 Å². The lowest BCUT2D eigenvalue weighted by Crippen LogP contribution is -2.24. The van der Waals surface area contributed by atoms with Crippen molar-refractivity contribution in [2.24, 2.45) is 0 Å². The Morgan fingerprint density at radius 1 is 1.21 bits per heavy atom. The molecule has 0 heterocycles. The van der Waals surface area contributed by atoms with Gasteiger partial charge in [0.1, 0.15) is 0 Å². The average Bonchev–Trinajstić information content (AvgIpc) is 2.48. The summed E-state index contributed by atoms with van der Waals surface area (Å²) in [6, 6.07) is 0. The van der Waals surface area contributed by atoms with E-state index < -0.39 is 0 Å². The van der Waals surface area contributed by atoms with Crippen LogP contribution >= 0.6 is 0 Å². The van der Waals surface area contributed by atoms with Crippen LogP contribution in [0.5, 0.6) is 0 Å². The smallest absolute Gasteiger partial charge is 0.00186 e. The van der Waals surface area contributed by atoms with E-state index in [1.54, 1.807) is 11.1 Å². The van der Waals surface area contributed by atoms with E-state index in [4.69, 9.17) is 0 Å². The third-order valence-corrected chi connectivity index (χ3v) is 3.23. The minimum atomic E-state index is 1.18. The van der Waals surface area contributed by atoms with Gasteiger partial charge in [-0.1, -0.05) is 36.6 Å². The Morgan fingerprint density at radius 2 is 1.86 bits per heavy atom. The van der Waals surface area contributed by atoms with E-state index in [2.05, 4.69) is 38.7 Å². The molecule has 0 saturated heterocycles. The van der Waals surface area contributed by atoms with Gasteiger partial charge in [-0.25, -0.2) is 0 Å². The molecule has 1 aliphatic rings. The number of nitrogens with zero attached hydrogens (tertiary/aromatic N) is 1. The van der Waals surface area contributed by atoms with Crippen LogP contribution in [0.3, 0.4) is 0 Å². The van der Waals surface area contributed by atoms with Crippen molar-refractivity contribution in [1.82, 2.24) is 4.90 Å². The minimum Gasteiger partial charge on any atom is -0.304 e. The summed E-state index contributed by atoms with van der Waals surface area (Å²) < 4.78 is 0. The molecule has 0 radical (unpaired) electrons. The zero-order valence-corrected chi connectivity index (χ0v) is 10.1. The molecule has 1 aliphatic carbocycles. The van der Waals surface area contributed by atoms with Crippen molar-refractivity contribution in [3.63, 3.8) is 0 Å². The normalized spacial score (nSPS) is 16.8. The molecule has 0 aromatic heterocycles. The molecule has 0 amide bonds. The molecule has 1 rings (SSSR count). The van der Waals surface area contributed by atoms with E-state index in [0.717, 1.165) is 0 Å². The van der Waals surface area contributed by atoms with Crippen molar-refractivity contribution < 1.29 is 0 Å². The quantitative estimate of drug-likeness (QED) is 0.647. The molecule has 1 nitrogen and oxygen atoms in total. The van der Waals surface area contributed by atoms with Gasteiger partial charge in [-0.2, -0.15) is 0 Å². The summed E-state index contributed by atoms with van der Waals surface area (Å²) in [4.78, 5) is 2.49. The van der Waals surface area contributed by atoms with Crippen LogP contribution in [-0.2, 0) is 0 Å². The summed E-state index contributed by atoms with van der Waals surface area (Å²) >= 11 is 0. The first kappa shape index (κ1) is 11.5. The van der Waals surface area contributed by atoms with E-state index in [9.17, 15) is 0 Å². The van der Waals surface area contributed by atoms with Crippen molar-refractivity contribution in [2.45, 2.75) is 40.5 Å². The Kier molecular flexibility index (Phi) is 4.40. The lowest BCUT2D eigenvalue weighted by molar-refractivity contribution is 0.307. The summed E-state index contributed by atoms with van der Waals surface area (Å²) in [6.07, 6.45) is 4.84. The predicted octanol–water partition coefficient (Wildman–Crippen LogP) is 3.38. The molecule has 0 atom stereocenters. The first-order valence-corrected chi connectivity index (χ1v) is 5.75. The van der Waals surface area contributed by atoms with Crippen LogP contribution < -0.4 is 0 Å². The van der Waals surface area contributed by atoms with Gasteiger partial charge in [-0.15, -0.1) is 0 Å². The second kappa shape index (κ2) is 5.35. The second-order valence-electron chi connectivity index (χ2n) is 4.22. The molecule has 80 valence electrons. The largest absolute Gasteiger partial charge is 0.304 e. The summed E-state index contributed by atoms with van der Waals surface area (Å²) in [5, 5.41) is 0. The summed E-state index contributed by atoms with van der Waals surface area (Å²) in [5.74, 6) is 0. The second-order valence-corrected chi connectivity index (χ2v) is 4.22. The lowest BCUT2D eigenvalue weighted by atomic mass is 10.1. The van der Waals surface area contributed by atoms with Gasteiger partial charge in [-0.3, -0.25) is 0 Å². The van der Waals surface area contributed by atoms with Crippen molar-refractivity contribution in [3.8, 4) is 0 Å². The predicted molar refractivity (Wildman–Crippen MR) is 63.5 cm³/mol. The molecule has 0 aliphatic heterocycles. The van der Waals surface area contributed by atoms with Gasteiger partial charge in [0.25, 0.3) is 0 Å². The lowest BCUT2D eigenvalue weighted by Gasteiger charge is -2.18. The molecule has 0 unspecified atom stereocenters. The van der Waals surface area contributed by atoms with Crippen LogP contribution in [0.4, 0.5) is 0 Å². The van der Waals surface area contributed by atoms with Gasteiger partial charge in [0, 0.05) is 6.54 Å². The van der Waals surface area contributed by atoms with Crippen LogP contribution in [0.25, 0.3) is 0 Å². The summed E-state index contributed by atoms with van der Waals surface area (Å²) in [6.45, 7) is 12.5. The van der Waals surface area contributed by atoms with Crippen molar-refractivity contribution in [3.05, 3.63) is 22.8 Å². The van der Waals surface area contributed by atoms with Gasteiger partial charge in [0.2, 0.25) is 0 Å². The highest BCUT2D eigenvalue weighted by atomic mass is 15.1. The van der Waals surface area contributed by atoms with Gasteiger partial charge in [-0.05, 0) is 39.8 Å². The Balaban J connectivity index is 2.31. The SMILES string of the molecule is CCN(CC)CCC1=CC(C)=C(C)C1. The highest BCUT2D eigenvalue weighted by Crippen LogP contribution is 2.26. The fourth-order valence-electron chi connectivity index (χ4n) is 1.96. The fourth-order valence-corrected chi connectivity index (χ4v) is 1.96. The maximum Gasteiger partial charge on any atom is 0.00186 e. The number of hydrogen-bond acceptors (Lipinski definition) is 1. The minimum absolute atomic E-state index is 1.18. The van der Waals surface area contributed by atoms with E-state index >= 15 is 0 Å². The number of allylic oxidation sites excluding steroid dienone is 3. The highest BCUT2D eigenvalue weighted by molar-refractivity contribution is 5.36. The molecule has 0 aromatic rings. The number of hydrogen-bond donors (Lipinski definition) is 0. The molecule has 0 aromatic carbocycles. The Morgan fingerprint density at radius 3 is 2.29 bits per heavy atom. The molecular weight excluding hydrogens is 170 g/mol. The maximum absolute atomic E-state index is 2.49. The van der Waals surface area contributed by atoms with Gasteiger partial charge in [0.15, 0.2) is 0 Å². The zero-order valence-electron chi connectivity index (χ0n) is 10.1. The third-order valence-electron chi connectivity index (χ3n) is 3.23. The topological polar surface area (TPSA) is 3.24 Å². The van der Waals surface area contributed by atoms with E-state index in [0.29, 0.717) is 0 Å². The Labute approximate surface area is 88.5 Å². The van der Waals surface area contributed by atoms with Crippen LogP contribution in [-0.4, -0.2) is 24.5 Å². The number of rotatable bonds is 5. The summed E-state index contributed by atoms with van der Waals surface area (Å²) in [7, 11) is 0. The first-order chi connectivity index (χ1) is 6.67. The average molecular weight is 193 g/mol. The van der Waals surface area contributed by atoms with E-state index in [1.807, 2.05) is 0 Å². The molecule has 0 N–H and O–H groups in total. The first-order valence-electron chi connectivity index (χ1n) is 5.75. The zero-order chi connectivity index (χ0) is 10.6. The highest BCUT2D eigenvalue weighted by Gasteiger charge is 2.09. The van der Waals surface area contributed by atoms with Crippen LogP contribution in [0.2, 0.25) is 0 Å². The van der Waals surface area contributed by atoms with Crippen LogP contribution in [0.15, 0.2) is 22.8 Å². The standard InChI is InChI=1S/C13H23N/c1-5-14(6-2)8-7-13-9-11(3)12(4)10-13/h9H,5-8,10H2,1-4H3. The molecule has 0 saturated carbocycles. The molecule has 0 bridgehead atoms. The Bertz CT molecular complexity index is 244. The maximum atomic E-state index is 2.49. The van der Waals surface area contributed by atoms with Crippen LogP contribution in [0.1, 0.15) is 40.5 Å².